The van der Waals surface area contributed by atoms with Gasteiger partial charge in [0.25, 0.3) is 0 Å². The maximum Gasteiger partial charge on any atom is -0.0230 e. The van der Waals surface area contributed by atoms with Crippen molar-refractivity contribution in [3.05, 3.63) is 0 Å². The molecule has 2 bridgehead atoms. The van der Waals surface area contributed by atoms with Gasteiger partial charge >= 0.3 is 0 Å². The zero-order valence-electron chi connectivity index (χ0n) is 6.34. The third-order valence-corrected chi connectivity index (χ3v) is 5.32. The van der Waals surface area contributed by atoms with E-state index in [9.17, 15) is 0 Å². The lowest BCUT2D eigenvalue weighted by Crippen LogP contribution is -2.67. The summed E-state index contributed by atoms with van der Waals surface area (Å²) in [5, 5.41) is 0. The summed E-state index contributed by atoms with van der Waals surface area (Å²) >= 11 is 0. The van der Waals surface area contributed by atoms with E-state index < -0.39 is 0 Å². The lowest BCUT2D eigenvalue weighted by atomic mass is 9.32. The number of hydrogen-bond donors (Lipinski definition) is 0. The van der Waals surface area contributed by atoms with Crippen molar-refractivity contribution in [2.75, 3.05) is 0 Å². The van der Waals surface area contributed by atoms with Crippen molar-refractivity contribution >= 4 is 0 Å². The quantitative estimate of drug-likeness (QED) is 0.477. The van der Waals surface area contributed by atoms with E-state index in [-0.39, 0.29) is 0 Å². The van der Waals surface area contributed by atoms with Crippen molar-refractivity contribution < 1.29 is 0 Å². The predicted octanol–water partition coefficient (Wildman–Crippen LogP) is 2.44. The molecule has 0 aliphatic heterocycles. The van der Waals surface area contributed by atoms with Crippen LogP contribution in [0, 0.1) is 29.1 Å². The molecule has 0 aromatic carbocycles. The number of rotatable bonds is 0. The molecule has 54 valence electrons. The van der Waals surface area contributed by atoms with Crippen LogP contribution in [-0.2, 0) is 0 Å². The van der Waals surface area contributed by atoms with Gasteiger partial charge in [0.05, 0.1) is 0 Å². The summed E-state index contributed by atoms with van der Waals surface area (Å²) < 4.78 is 0. The Balaban J connectivity index is 1.83. The maximum absolute atomic E-state index is 1.65. The monoisotopic (exact) mass is 134 g/mol. The van der Waals surface area contributed by atoms with E-state index in [1.807, 2.05) is 0 Å². The Bertz CT molecular complexity index is 204. The lowest BCUT2D eigenvalue weighted by molar-refractivity contribution is -0.248. The van der Waals surface area contributed by atoms with E-state index in [0.29, 0.717) is 0 Å². The molecule has 5 fully saturated rings. The van der Waals surface area contributed by atoms with Gasteiger partial charge in [-0.1, -0.05) is 0 Å². The molecular formula is C10H14. The molecule has 0 radical (unpaired) electrons. The minimum atomic E-state index is 0.994. The maximum atomic E-state index is 1.65. The van der Waals surface area contributed by atoms with Crippen LogP contribution in [0.1, 0.15) is 32.1 Å². The molecular weight excluding hydrogens is 120 g/mol. The second-order valence-electron chi connectivity index (χ2n) is 5.11. The van der Waals surface area contributed by atoms with Crippen molar-refractivity contribution in [3.8, 4) is 0 Å². The van der Waals surface area contributed by atoms with Crippen LogP contribution in [0.15, 0.2) is 0 Å². The summed E-state index contributed by atoms with van der Waals surface area (Å²) in [6.07, 6.45) is 8.10. The molecule has 0 nitrogen and oxygen atoms in total. The normalized spacial score (nSPS) is 74.4. The van der Waals surface area contributed by atoms with Crippen LogP contribution in [0.5, 0.6) is 0 Å². The minimum Gasteiger partial charge on any atom is -0.0496 e. The molecule has 0 aromatic rings. The molecule has 5 aliphatic carbocycles. The van der Waals surface area contributed by atoms with E-state index in [1.54, 1.807) is 32.1 Å². The Morgan fingerprint density at radius 1 is 1.10 bits per heavy atom. The summed E-state index contributed by atoms with van der Waals surface area (Å²) in [4.78, 5) is 0. The van der Waals surface area contributed by atoms with Gasteiger partial charge in [-0.25, -0.2) is 0 Å². The van der Waals surface area contributed by atoms with Gasteiger partial charge in [0.15, 0.2) is 0 Å². The van der Waals surface area contributed by atoms with Gasteiger partial charge in [-0.2, -0.15) is 0 Å². The predicted molar refractivity (Wildman–Crippen MR) is 39.5 cm³/mol. The number of hydrogen-bond acceptors (Lipinski definition) is 0. The average molecular weight is 134 g/mol. The van der Waals surface area contributed by atoms with E-state index in [4.69, 9.17) is 0 Å². The zero-order valence-corrected chi connectivity index (χ0v) is 6.34. The highest BCUT2D eigenvalue weighted by Crippen LogP contribution is 2.83. The molecule has 0 heterocycles. The van der Waals surface area contributed by atoms with Crippen LogP contribution in [0.3, 0.4) is 0 Å². The van der Waals surface area contributed by atoms with Gasteiger partial charge in [0.2, 0.25) is 0 Å². The Kier molecular flexibility index (Phi) is 0.522. The third-order valence-electron chi connectivity index (χ3n) is 5.32. The summed E-state index contributed by atoms with van der Waals surface area (Å²) in [6.45, 7) is 0. The van der Waals surface area contributed by atoms with Gasteiger partial charge in [0, 0.05) is 0 Å². The van der Waals surface area contributed by atoms with Crippen molar-refractivity contribution in [1.29, 1.82) is 0 Å². The first-order chi connectivity index (χ1) is 4.92. The zero-order chi connectivity index (χ0) is 6.34. The summed E-state index contributed by atoms with van der Waals surface area (Å²) in [7, 11) is 0. The Morgan fingerprint density at radius 2 is 2.10 bits per heavy atom. The van der Waals surface area contributed by atoms with Crippen LogP contribution in [0.25, 0.3) is 0 Å². The van der Waals surface area contributed by atoms with E-state index >= 15 is 0 Å². The highest BCUT2D eigenvalue weighted by molar-refractivity contribution is 5.24. The molecule has 0 heteroatoms. The first-order valence-corrected chi connectivity index (χ1v) is 4.92. The van der Waals surface area contributed by atoms with Gasteiger partial charge in [0.1, 0.15) is 0 Å². The molecule has 1 spiro atoms. The topological polar surface area (TPSA) is 0 Å². The van der Waals surface area contributed by atoms with Crippen molar-refractivity contribution in [3.63, 3.8) is 0 Å². The van der Waals surface area contributed by atoms with E-state index in [2.05, 4.69) is 0 Å². The standard InChI is InChI=1S/C10H14/c1-2-8-7(1)9-6-3-4-10(8,9)5-6/h6-9H,1-5H2. The average Bonchev–Trinajstić information content (AvgIpc) is 2.35. The molecule has 0 aromatic heterocycles. The molecule has 5 unspecified atom stereocenters. The van der Waals surface area contributed by atoms with Crippen LogP contribution in [0.4, 0.5) is 0 Å². The van der Waals surface area contributed by atoms with Gasteiger partial charge < -0.3 is 0 Å². The number of fused-ring (bicyclic) bond motifs is 2. The first-order valence-electron chi connectivity index (χ1n) is 4.92. The highest BCUT2D eigenvalue weighted by Gasteiger charge is 2.75. The summed E-state index contributed by atoms with van der Waals surface area (Å²) in [6, 6.07) is 0. The molecule has 5 saturated carbocycles. The smallest absolute Gasteiger partial charge is 0.0230 e. The molecule has 10 heavy (non-hydrogen) atoms. The second-order valence-corrected chi connectivity index (χ2v) is 5.11. The fraction of sp³-hybridized carbons (Fsp3) is 1.00. The van der Waals surface area contributed by atoms with Gasteiger partial charge in [-0.05, 0) is 61.2 Å². The molecule has 0 N–H and O–H groups in total. The molecule has 5 rings (SSSR count). The summed E-state index contributed by atoms with van der Waals surface area (Å²) in [5.74, 6) is 4.99. The third kappa shape index (κ3) is 0.245. The minimum absolute atomic E-state index is 0.994. The lowest BCUT2D eigenvalue weighted by Gasteiger charge is -2.73. The van der Waals surface area contributed by atoms with Crippen LogP contribution < -0.4 is 0 Å². The highest BCUT2D eigenvalue weighted by atomic mass is 14.8. The molecule has 0 amide bonds. The Hall–Kier alpha value is 0. The molecule has 5 atom stereocenters. The van der Waals surface area contributed by atoms with E-state index in [0.717, 1.165) is 5.41 Å². The van der Waals surface area contributed by atoms with Gasteiger partial charge in [-0.15, -0.1) is 0 Å². The largest absolute Gasteiger partial charge is 0.0496 e. The van der Waals surface area contributed by atoms with Crippen LogP contribution in [0.2, 0.25) is 0 Å². The van der Waals surface area contributed by atoms with Gasteiger partial charge in [-0.3, -0.25) is 0 Å². The second kappa shape index (κ2) is 1.09. The molecule has 5 aliphatic rings. The summed E-state index contributed by atoms with van der Waals surface area (Å²) in [5.41, 5.74) is 0.994. The fourth-order valence-electron chi connectivity index (χ4n) is 4.98. The van der Waals surface area contributed by atoms with Crippen molar-refractivity contribution in [1.82, 2.24) is 0 Å². The Morgan fingerprint density at radius 3 is 2.70 bits per heavy atom. The fourth-order valence-corrected chi connectivity index (χ4v) is 4.98. The van der Waals surface area contributed by atoms with Crippen LogP contribution >= 0.6 is 0 Å². The first kappa shape index (κ1) is 4.79. The van der Waals surface area contributed by atoms with E-state index in [1.165, 1.54) is 23.7 Å². The SMILES string of the molecule is C1CC23CC1C2C1CCC13. The van der Waals surface area contributed by atoms with Crippen LogP contribution in [-0.4, -0.2) is 0 Å². The van der Waals surface area contributed by atoms with Crippen molar-refractivity contribution in [2.24, 2.45) is 29.1 Å². The molecule has 0 saturated heterocycles. The van der Waals surface area contributed by atoms with Crippen molar-refractivity contribution in [2.45, 2.75) is 32.1 Å². The Labute approximate surface area is 62.0 Å².